The van der Waals surface area contributed by atoms with Gasteiger partial charge in [-0.05, 0) is 48.4 Å². The highest BCUT2D eigenvalue weighted by Crippen LogP contribution is 2.32. The fraction of sp³-hybridized carbons (Fsp3) is 0.292. The molecule has 1 saturated heterocycles. The quantitative estimate of drug-likeness (QED) is 0.622. The lowest BCUT2D eigenvalue weighted by molar-refractivity contribution is 0.0939. The molecular weight excluding hydrogens is 362 g/mol. The highest BCUT2D eigenvalue weighted by atomic mass is 16.3. The number of nitrogens with one attached hydrogen (secondary N) is 2. The van der Waals surface area contributed by atoms with Crippen LogP contribution in [0.25, 0.3) is 10.8 Å². The number of aryl methyl sites for hydroxylation is 1. The summed E-state index contributed by atoms with van der Waals surface area (Å²) >= 11 is 0. The molecule has 1 unspecified atom stereocenters. The smallest absolute Gasteiger partial charge is 0.252 e. The molecule has 1 heterocycles. The number of likely N-dealkylation sites (N-methyl/N-ethyl adjacent to an activating group) is 1. The molecule has 0 radical (unpaired) electrons. The molecule has 150 valence electrons. The van der Waals surface area contributed by atoms with Crippen molar-refractivity contribution in [1.82, 2.24) is 10.6 Å². The van der Waals surface area contributed by atoms with E-state index in [-0.39, 0.29) is 17.7 Å². The molecule has 3 aromatic carbocycles. The molecule has 3 N–H and O–H groups in total. The van der Waals surface area contributed by atoms with E-state index in [9.17, 15) is 9.90 Å². The van der Waals surface area contributed by atoms with Crippen LogP contribution in [0.1, 0.15) is 34.5 Å². The maximum absolute atomic E-state index is 13.1. The standard InChI is InChI=1S/C24H27N3O2/c1-15-8-10-18(27(3)19-13-25-14-19)12-21(15)24(29)26-16(2)23-20-7-5-4-6-17(20)9-11-22(23)28/h4-12,16,19,25,28H,13-14H2,1-3H3,(H,26,29). The topological polar surface area (TPSA) is 64.6 Å². The molecule has 5 heteroatoms. The van der Waals surface area contributed by atoms with Crippen LogP contribution in [0.3, 0.4) is 0 Å². The molecule has 3 aromatic rings. The molecule has 0 bridgehead atoms. The number of phenols is 1. The van der Waals surface area contributed by atoms with Crippen molar-refractivity contribution in [3.05, 3.63) is 71.3 Å². The zero-order valence-electron chi connectivity index (χ0n) is 17.1. The summed E-state index contributed by atoms with van der Waals surface area (Å²) in [6, 6.07) is 17.6. The number of carbonyl (C=O) groups excluding carboxylic acids is 1. The third-order valence-electron chi connectivity index (χ3n) is 5.91. The van der Waals surface area contributed by atoms with Crippen molar-refractivity contribution in [2.24, 2.45) is 0 Å². The molecule has 1 aliphatic rings. The molecule has 5 nitrogen and oxygen atoms in total. The van der Waals surface area contributed by atoms with Crippen LogP contribution in [0.4, 0.5) is 5.69 Å². The second-order valence-electron chi connectivity index (χ2n) is 7.84. The first kappa shape index (κ1) is 19.3. The molecule has 0 spiro atoms. The molecule has 0 aromatic heterocycles. The van der Waals surface area contributed by atoms with Crippen LogP contribution >= 0.6 is 0 Å². The summed E-state index contributed by atoms with van der Waals surface area (Å²) in [5.41, 5.74) is 3.37. The minimum atomic E-state index is -0.329. The van der Waals surface area contributed by atoms with E-state index in [0.717, 1.165) is 40.7 Å². The van der Waals surface area contributed by atoms with Crippen LogP contribution in [0.2, 0.25) is 0 Å². The van der Waals surface area contributed by atoms with Gasteiger partial charge in [-0.15, -0.1) is 0 Å². The molecule has 1 amide bonds. The van der Waals surface area contributed by atoms with Crippen molar-refractivity contribution < 1.29 is 9.90 Å². The Morgan fingerprint density at radius 1 is 1.17 bits per heavy atom. The van der Waals surface area contributed by atoms with E-state index in [1.807, 2.05) is 56.3 Å². The average molecular weight is 389 g/mol. The van der Waals surface area contributed by atoms with E-state index in [4.69, 9.17) is 0 Å². The van der Waals surface area contributed by atoms with Crippen molar-refractivity contribution >= 4 is 22.4 Å². The van der Waals surface area contributed by atoms with Crippen LogP contribution in [0.5, 0.6) is 5.75 Å². The van der Waals surface area contributed by atoms with Crippen LogP contribution in [0.15, 0.2) is 54.6 Å². The number of carbonyl (C=O) groups is 1. The maximum atomic E-state index is 13.1. The van der Waals surface area contributed by atoms with Gasteiger partial charge in [-0.1, -0.05) is 36.4 Å². The Hall–Kier alpha value is -3.05. The number of aromatic hydroxyl groups is 1. The first-order valence-corrected chi connectivity index (χ1v) is 10.0. The fourth-order valence-electron chi connectivity index (χ4n) is 3.92. The van der Waals surface area contributed by atoms with Gasteiger partial charge in [0.05, 0.1) is 12.1 Å². The van der Waals surface area contributed by atoms with E-state index in [0.29, 0.717) is 11.6 Å². The van der Waals surface area contributed by atoms with Gasteiger partial charge in [0.1, 0.15) is 5.75 Å². The summed E-state index contributed by atoms with van der Waals surface area (Å²) in [6.07, 6.45) is 0. The first-order valence-electron chi connectivity index (χ1n) is 10.0. The third-order valence-corrected chi connectivity index (χ3v) is 5.91. The monoisotopic (exact) mass is 389 g/mol. The summed E-state index contributed by atoms with van der Waals surface area (Å²) in [4.78, 5) is 15.3. The third kappa shape index (κ3) is 3.66. The molecular formula is C24H27N3O2. The second kappa shape index (κ2) is 7.76. The van der Waals surface area contributed by atoms with Gasteiger partial charge in [-0.3, -0.25) is 4.79 Å². The molecule has 1 aliphatic heterocycles. The van der Waals surface area contributed by atoms with Gasteiger partial charge in [-0.25, -0.2) is 0 Å². The Morgan fingerprint density at radius 3 is 2.66 bits per heavy atom. The van der Waals surface area contributed by atoms with Crippen LogP contribution in [-0.4, -0.2) is 37.2 Å². The van der Waals surface area contributed by atoms with Gasteiger partial charge in [0.25, 0.3) is 5.91 Å². The lowest BCUT2D eigenvalue weighted by Gasteiger charge is -2.37. The van der Waals surface area contributed by atoms with Gasteiger partial charge < -0.3 is 20.6 Å². The SMILES string of the molecule is Cc1ccc(N(C)C2CNC2)cc1C(=O)NC(C)c1c(O)ccc2ccccc12. The number of rotatable bonds is 5. The Kier molecular flexibility index (Phi) is 5.16. The largest absolute Gasteiger partial charge is 0.508 e. The van der Waals surface area contributed by atoms with E-state index in [1.54, 1.807) is 6.07 Å². The first-order chi connectivity index (χ1) is 14.0. The molecule has 0 saturated carbocycles. The lowest BCUT2D eigenvalue weighted by atomic mass is 9.98. The van der Waals surface area contributed by atoms with Crippen molar-refractivity contribution in [2.45, 2.75) is 25.9 Å². The van der Waals surface area contributed by atoms with Gasteiger partial charge in [0.15, 0.2) is 0 Å². The number of anilines is 1. The highest BCUT2D eigenvalue weighted by molar-refractivity contribution is 5.97. The minimum absolute atomic E-state index is 0.135. The summed E-state index contributed by atoms with van der Waals surface area (Å²) in [7, 11) is 2.06. The summed E-state index contributed by atoms with van der Waals surface area (Å²) in [5, 5.41) is 18.8. The van der Waals surface area contributed by atoms with E-state index >= 15 is 0 Å². The van der Waals surface area contributed by atoms with Crippen molar-refractivity contribution in [3.8, 4) is 5.75 Å². The molecule has 0 aliphatic carbocycles. The van der Waals surface area contributed by atoms with Crippen LogP contribution in [0, 0.1) is 6.92 Å². The Balaban J connectivity index is 1.60. The van der Waals surface area contributed by atoms with Crippen molar-refractivity contribution in [1.29, 1.82) is 0 Å². The maximum Gasteiger partial charge on any atom is 0.252 e. The van der Waals surface area contributed by atoms with Crippen LogP contribution < -0.4 is 15.5 Å². The number of fused-ring (bicyclic) bond motifs is 1. The summed E-state index contributed by atoms with van der Waals surface area (Å²) in [5.74, 6) is 0.0588. The number of nitrogens with zero attached hydrogens (tertiary/aromatic N) is 1. The summed E-state index contributed by atoms with van der Waals surface area (Å²) in [6.45, 7) is 5.78. The fourth-order valence-corrected chi connectivity index (χ4v) is 3.92. The Labute approximate surface area is 171 Å². The second-order valence-corrected chi connectivity index (χ2v) is 7.84. The Bertz CT molecular complexity index is 1060. The number of benzene rings is 3. The number of hydrogen-bond donors (Lipinski definition) is 3. The zero-order chi connectivity index (χ0) is 20.5. The van der Waals surface area contributed by atoms with Gasteiger partial charge in [-0.2, -0.15) is 0 Å². The van der Waals surface area contributed by atoms with E-state index < -0.39 is 0 Å². The molecule has 4 rings (SSSR count). The molecule has 29 heavy (non-hydrogen) atoms. The predicted octanol–water partition coefficient (Wildman–Crippen LogP) is 3.75. The van der Waals surface area contributed by atoms with E-state index in [1.165, 1.54) is 0 Å². The molecule has 1 fully saturated rings. The van der Waals surface area contributed by atoms with Gasteiger partial charge >= 0.3 is 0 Å². The molecule has 1 atom stereocenters. The zero-order valence-corrected chi connectivity index (χ0v) is 17.1. The highest BCUT2D eigenvalue weighted by Gasteiger charge is 2.23. The van der Waals surface area contributed by atoms with Crippen molar-refractivity contribution in [3.63, 3.8) is 0 Å². The van der Waals surface area contributed by atoms with E-state index in [2.05, 4.69) is 28.6 Å². The van der Waals surface area contributed by atoms with Gasteiger partial charge in [0.2, 0.25) is 0 Å². The minimum Gasteiger partial charge on any atom is -0.508 e. The lowest BCUT2D eigenvalue weighted by Crippen LogP contribution is -2.56. The van der Waals surface area contributed by atoms with Gasteiger partial charge in [0, 0.05) is 37.0 Å². The Morgan fingerprint density at radius 2 is 1.93 bits per heavy atom. The van der Waals surface area contributed by atoms with Crippen molar-refractivity contribution in [2.75, 3.05) is 25.0 Å². The number of phenolic OH excluding ortho intramolecular Hbond substituents is 1. The normalized spacial score (nSPS) is 15.0. The predicted molar refractivity (Wildman–Crippen MR) is 118 cm³/mol. The summed E-state index contributed by atoms with van der Waals surface area (Å²) < 4.78 is 0. The number of amides is 1. The van der Waals surface area contributed by atoms with Crippen LogP contribution in [-0.2, 0) is 0 Å². The average Bonchev–Trinajstić information content (AvgIpc) is 2.66. The number of hydrogen-bond acceptors (Lipinski definition) is 4.